The molecule has 2 fully saturated rings. The number of carbonyl (C=O) groups excluding carboxylic acids is 5. The van der Waals surface area contributed by atoms with Crippen LogP contribution < -0.4 is 21.3 Å². The molecule has 15 nitrogen and oxygen atoms in total. The normalized spacial score (nSPS) is 17.7. The van der Waals surface area contributed by atoms with Gasteiger partial charge in [-0.3, -0.25) is 38.9 Å². The number of hydrogen-bond acceptors (Lipinski definition) is 10. The summed E-state index contributed by atoms with van der Waals surface area (Å²) in [6.07, 6.45) is 13.5. The molecular formula is C41H44N10O5. The van der Waals surface area contributed by atoms with Gasteiger partial charge >= 0.3 is 0 Å². The molecular weight excluding hydrogens is 713 g/mol. The Balaban J connectivity index is 0.830. The number of unbranched alkanes of at least 4 members (excludes halogenated alkanes) is 1. The molecule has 5 aromatic rings. The minimum absolute atomic E-state index is 0.0601. The largest absolute Gasteiger partial charge is 0.384 e. The van der Waals surface area contributed by atoms with Crippen molar-refractivity contribution in [2.75, 3.05) is 23.7 Å². The molecule has 15 heteroatoms. The summed E-state index contributed by atoms with van der Waals surface area (Å²) < 4.78 is 2.11. The van der Waals surface area contributed by atoms with E-state index in [-0.39, 0.29) is 29.9 Å². The molecule has 0 radical (unpaired) electrons. The van der Waals surface area contributed by atoms with E-state index >= 15 is 0 Å². The number of anilines is 3. The van der Waals surface area contributed by atoms with Crippen LogP contribution in [0.1, 0.15) is 102 Å². The van der Waals surface area contributed by atoms with Gasteiger partial charge in [0, 0.05) is 59.8 Å². The van der Waals surface area contributed by atoms with Gasteiger partial charge in [0.2, 0.25) is 17.8 Å². The molecule has 0 bridgehead atoms. The summed E-state index contributed by atoms with van der Waals surface area (Å²) in [5, 5.41) is 17.4. The number of aromatic nitrogens is 5. The smallest absolute Gasteiger partial charge is 0.264 e. The van der Waals surface area contributed by atoms with Gasteiger partial charge in [0.15, 0.2) is 0 Å². The SMILES string of the molecule is CC[C@H](C1CCCC1)n1cc(-c2nc(Nc3ccc(C(=O)NCCCCNc4cccc5c4C(=O)N(C4CCC(=O)NC4=O)C5=O)cc3)nc3[nH]ccc23)cn1. The summed E-state index contributed by atoms with van der Waals surface area (Å²) >= 11 is 0. The lowest BCUT2D eigenvalue weighted by molar-refractivity contribution is -0.136. The van der Waals surface area contributed by atoms with Gasteiger partial charge in [-0.15, -0.1) is 0 Å². The van der Waals surface area contributed by atoms with Crippen LogP contribution >= 0.6 is 0 Å². The molecule has 2 aliphatic heterocycles. The van der Waals surface area contributed by atoms with Crippen LogP contribution in [0.3, 0.4) is 0 Å². The van der Waals surface area contributed by atoms with Crippen molar-refractivity contribution in [1.29, 1.82) is 0 Å². The van der Waals surface area contributed by atoms with Crippen LogP contribution in [0.25, 0.3) is 22.3 Å². The summed E-state index contributed by atoms with van der Waals surface area (Å²) in [5.74, 6) is -1.28. The zero-order valence-electron chi connectivity index (χ0n) is 31.1. The Morgan fingerprint density at radius 1 is 0.946 bits per heavy atom. The fraction of sp³-hybridized carbons (Fsp3) is 0.366. The number of aromatic amines is 1. The summed E-state index contributed by atoms with van der Waals surface area (Å²) in [4.78, 5) is 77.1. The van der Waals surface area contributed by atoms with Crippen molar-refractivity contribution in [3.63, 3.8) is 0 Å². The number of nitrogens with zero attached hydrogens (tertiary/aromatic N) is 5. The number of benzene rings is 2. The zero-order valence-corrected chi connectivity index (χ0v) is 31.1. The number of H-pyrrole nitrogens is 1. The van der Waals surface area contributed by atoms with Crippen molar-refractivity contribution >= 4 is 57.9 Å². The van der Waals surface area contributed by atoms with Gasteiger partial charge < -0.3 is 20.9 Å². The van der Waals surface area contributed by atoms with E-state index in [1.54, 1.807) is 30.3 Å². The third-order valence-electron chi connectivity index (χ3n) is 11.1. The fourth-order valence-corrected chi connectivity index (χ4v) is 8.21. The molecule has 1 saturated heterocycles. The number of hydrogen-bond donors (Lipinski definition) is 5. The van der Waals surface area contributed by atoms with Crippen molar-refractivity contribution in [2.45, 2.75) is 76.8 Å². The third kappa shape index (κ3) is 7.23. The van der Waals surface area contributed by atoms with Crippen molar-refractivity contribution in [1.82, 2.24) is 40.3 Å². The summed E-state index contributed by atoms with van der Waals surface area (Å²) in [5.41, 5.74) is 4.64. The van der Waals surface area contributed by atoms with Crippen molar-refractivity contribution in [3.8, 4) is 11.3 Å². The van der Waals surface area contributed by atoms with Gasteiger partial charge in [-0.25, -0.2) is 4.98 Å². The highest BCUT2D eigenvalue weighted by Crippen LogP contribution is 2.37. The Morgan fingerprint density at radius 2 is 1.75 bits per heavy atom. The first-order valence-corrected chi connectivity index (χ1v) is 19.4. The molecule has 1 aliphatic carbocycles. The number of fused-ring (bicyclic) bond motifs is 2. The van der Waals surface area contributed by atoms with E-state index in [1.807, 2.05) is 30.6 Å². The van der Waals surface area contributed by atoms with Crippen molar-refractivity contribution < 1.29 is 24.0 Å². The van der Waals surface area contributed by atoms with Crippen LogP contribution in [0.4, 0.5) is 17.3 Å². The Hall–Kier alpha value is -6.38. The molecule has 56 heavy (non-hydrogen) atoms. The first kappa shape index (κ1) is 36.6. The lowest BCUT2D eigenvalue weighted by atomic mass is 9.96. The van der Waals surface area contributed by atoms with E-state index in [0.717, 1.165) is 33.7 Å². The molecule has 1 saturated carbocycles. The van der Waals surface area contributed by atoms with Crippen LogP contribution in [0.15, 0.2) is 67.1 Å². The van der Waals surface area contributed by atoms with Crippen LogP contribution in [-0.2, 0) is 9.59 Å². The fourth-order valence-electron chi connectivity index (χ4n) is 8.21. The third-order valence-corrected chi connectivity index (χ3v) is 11.1. The second kappa shape index (κ2) is 15.8. The monoisotopic (exact) mass is 756 g/mol. The van der Waals surface area contributed by atoms with Crippen LogP contribution in [0.5, 0.6) is 0 Å². The van der Waals surface area contributed by atoms with Crippen LogP contribution in [0.2, 0.25) is 0 Å². The molecule has 5 heterocycles. The van der Waals surface area contributed by atoms with Crippen molar-refractivity contribution in [2.24, 2.45) is 5.92 Å². The Labute approximate surface area is 323 Å². The maximum absolute atomic E-state index is 13.3. The average Bonchev–Trinajstić information content (AvgIpc) is 4.03. The lowest BCUT2D eigenvalue weighted by Crippen LogP contribution is -2.54. The highest BCUT2D eigenvalue weighted by molar-refractivity contribution is 6.25. The second-order valence-corrected chi connectivity index (χ2v) is 14.6. The Kier molecular flexibility index (Phi) is 10.3. The first-order valence-electron chi connectivity index (χ1n) is 19.4. The van der Waals surface area contributed by atoms with Gasteiger partial charge in [0.1, 0.15) is 11.7 Å². The average molecular weight is 757 g/mol. The van der Waals surface area contributed by atoms with Crippen LogP contribution in [-0.4, -0.2) is 78.3 Å². The van der Waals surface area contributed by atoms with Gasteiger partial charge in [-0.05, 0) is 86.9 Å². The molecule has 3 aromatic heterocycles. The number of piperidine rings is 1. The summed E-state index contributed by atoms with van der Waals surface area (Å²) in [6, 6.07) is 13.4. The van der Waals surface area contributed by atoms with E-state index < -0.39 is 29.7 Å². The van der Waals surface area contributed by atoms with Crippen molar-refractivity contribution in [3.05, 3.63) is 83.8 Å². The molecule has 2 atom stereocenters. The van der Waals surface area contributed by atoms with Gasteiger partial charge in [-0.2, -0.15) is 10.1 Å². The maximum Gasteiger partial charge on any atom is 0.264 e. The molecule has 1 unspecified atom stereocenters. The minimum Gasteiger partial charge on any atom is -0.384 e. The molecule has 5 N–H and O–H groups in total. The molecule has 2 aromatic carbocycles. The Bertz CT molecular complexity index is 2310. The van der Waals surface area contributed by atoms with Gasteiger partial charge in [-0.1, -0.05) is 25.8 Å². The number of nitrogens with one attached hydrogen (secondary N) is 5. The highest BCUT2D eigenvalue weighted by Gasteiger charge is 2.45. The van der Waals surface area contributed by atoms with Crippen LogP contribution in [0, 0.1) is 5.92 Å². The second-order valence-electron chi connectivity index (χ2n) is 14.6. The molecule has 8 rings (SSSR count). The maximum atomic E-state index is 13.3. The predicted molar refractivity (Wildman–Crippen MR) is 209 cm³/mol. The predicted octanol–water partition coefficient (Wildman–Crippen LogP) is 5.73. The number of amides is 5. The quantitative estimate of drug-likeness (QED) is 0.0690. The van der Waals surface area contributed by atoms with E-state index in [1.165, 1.54) is 25.7 Å². The lowest BCUT2D eigenvalue weighted by Gasteiger charge is -2.27. The highest BCUT2D eigenvalue weighted by atomic mass is 16.2. The van der Waals surface area contributed by atoms with Gasteiger partial charge in [0.25, 0.3) is 17.7 Å². The van der Waals surface area contributed by atoms with E-state index in [4.69, 9.17) is 10.1 Å². The molecule has 3 aliphatic rings. The summed E-state index contributed by atoms with van der Waals surface area (Å²) in [7, 11) is 0. The first-order chi connectivity index (χ1) is 27.3. The van der Waals surface area contributed by atoms with E-state index in [9.17, 15) is 24.0 Å². The number of rotatable bonds is 14. The topological polar surface area (TPSA) is 196 Å². The van der Waals surface area contributed by atoms with E-state index in [0.29, 0.717) is 60.7 Å². The number of carbonyl (C=O) groups is 5. The minimum atomic E-state index is -1.02. The standard InChI is InChI=1S/C41H44N10O5/c1-2-31(24-8-3-4-9-24)50-23-26(22-45-50)35-29-18-21-43-36(29)49-41(48-35)46-27-14-12-25(13-15-27)37(53)44-20-6-5-19-42-30-11-7-10-28-34(30)40(56)51(39(28)55)32-16-17-33(52)47-38(32)54/h7,10-15,18,21-24,31-32,42H,2-6,8-9,16-17,19-20H2,1H3,(H,44,53)(H,47,52,54)(H2,43,46,48,49)/t31-,32?/m1/s1. The Morgan fingerprint density at radius 3 is 2.54 bits per heavy atom. The van der Waals surface area contributed by atoms with E-state index in [2.05, 4.69) is 49.0 Å². The summed E-state index contributed by atoms with van der Waals surface area (Å²) in [6.45, 7) is 3.16. The molecule has 5 amide bonds. The molecule has 288 valence electrons. The zero-order chi connectivity index (χ0) is 38.8. The van der Waals surface area contributed by atoms with Gasteiger partial charge in [0.05, 0.1) is 29.1 Å². The molecule has 0 spiro atoms. The number of imide groups is 2.